The minimum absolute atomic E-state index is 0.0184. The Morgan fingerprint density at radius 2 is 1.77 bits per heavy atom. The van der Waals surface area contributed by atoms with Gasteiger partial charge in [0, 0.05) is 51.0 Å². The van der Waals surface area contributed by atoms with Crippen molar-refractivity contribution in [2.24, 2.45) is 34.8 Å². The van der Waals surface area contributed by atoms with Crippen molar-refractivity contribution in [2.75, 3.05) is 34.2 Å². The standard InChI is InChI=1S/C40H61N3O9/c1-26(2)30(20-29-13-14-35(48-9)37(21-29)49-19-11-18-47-8)22-33-36(23-32(27(3)4)34(44)15-16-40(6,7)38(41)45)50-25-43(33)39(46)52-28(5)51-31-12-10-17-42-24-31/h10,12-14,17,21,24,26-28,30,32-33,36H,11,15-16,18-20,22-23,25H2,1-9H3,(H2,41,45)/t28?,30-,32-,33-,36-/m0/s1. The molecule has 0 radical (unpaired) electrons. The van der Waals surface area contributed by atoms with E-state index in [0.29, 0.717) is 49.7 Å². The van der Waals surface area contributed by atoms with Gasteiger partial charge in [0.15, 0.2) is 11.5 Å². The Labute approximate surface area is 310 Å². The summed E-state index contributed by atoms with van der Waals surface area (Å²) in [5.74, 6) is 1.50. The zero-order chi connectivity index (χ0) is 38.4. The zero-order valence-electron chi connectivity index (χ0n) is 32.6. The van der Waals surface area contributed by atoms with Crippen molar-refractivity contribution in [3.8, 4) is 17.2 Å². The molecule has 1 aromatic carbocycles. The van der Waals surface area contributed by atoms with Crippen molar-refractivity contribution in [2.45, 2.75) is 105 Å². The maximum atomic E-state index is 13.8. The lowest BCUT2D eigenvalue weighted by molar-refractivity contribution is -0.129. The Balaban J connectivity index is 1.86. The number of ether oxygens (including phenoxy) is 6. The molecule has 0 spiro atoms. The summed E-state index contributed by atoms with van der Waals surface area (Å²) in [6, 6.07) is 9.10. The van der Waals surface area contributed by atoms with Gasteiger partial charge < -0.3 is 34.2 Å². The van der Waals surface area contributed by atoms with Gasteiger partial charge in [-0.05, 0) is 73.3 Å². The van der Waals surface area contributed by atoms with Crippen LogP contribution in [0.1, 0.15) is 86.1 Å². The number of carbonyl (C=O) groups excluding carboxylic acids is 3. The summed E-state index contributed by atoms with van der Waals surface area (Å²) in [5, 5.41) is 0. The third kappa shape index (κ3) is 12.6. The number of nitrogens with two attached hydrogens (primary N) is 1. The number of methoxy groups -OCH3 is 2. The molecule has 5 atom stereocenters. The first-order valence-electron chi connectivity index (χ1n) is 18.4. The van der Waals surface area contributed by atoms with E-state index in [9.17, 15) is 14.4 Å². The molecule has 0 saturated carbocycles. The van der Waals surface area contributed by atoms with E-state index in [-0.39, 0.29) is 48.6 Å². The number of primary amides is 1. The van der Waals surface area contributed by atoms with Gasteiger partial charge >= 0.3 is 6.09 Å². The minimum Gasteiger partial charge on any atom is -0.493 e. The first kappa shape index (κ1) is 42.5. The summed E-state index contributed by atoms with van der Waals surface area (Å²) in [4.78, 5) is 45.1. The molecule has 52 heavy (non-hydrogen) atoms. The lowest BCUT2D eigenvalue weighted by atomic mass is 9.78. The minimum atomic E-state index is -0.877. The Morgan fingerprint density at radius 3 is 2.38 bits per heavy atom. The zero-order valence-corrected chi connectivity index (χ0v) is 32.6. The molecule has 1 unspecified atom stereocenters. The number of amides is 2. The Kier molecular flexibility index (Phi) is 16.7. The maximum Gasteiger partial charge on any atom is 0.415 e. The van der Waals surface area contributed by atoms with E-state index in [1.807, 2.05) is 32.0 Å². The average molecular weight is 728 g/mol. The van der Waals surface area contributed by atoms with Crippen LogP contribution in [0.3, 0.4) is 0 Å². The van der Waals surface area contributed by atoms with Gasteiger partial charge in [-0.3, -0.25) is 19.5 Å². The molecule has 1 fully saturated rings. The molecule has 0 bridgehead atoms. The SMILES string of the molecule is COCCCOc1cc(C[C@@H](C[C@H]2[C@H](C[C@H](C(=O)CCC(C)(C)C(N)=O)C(C)C)OCN2C(=O)OC(C)Oc2cccnc2)C(C)C)ccc1OC. The number of benzene rings is 1. The molecule has 12 nitrogen and oxygen atoms in total. The highest BCUT2D eigenvalue weighted by atomic mass is 16.7. The van der Waals surface area contributed by atoms with E-state index >= 15 is 0 Å². The summed E-state index contributed by atoms with van der Waals surface area (Å²) in [7, 11) is 3.29. The lowest BCUT2D eigenvalue weighted by Gasteiger charge is -2.33. The van der Waals surface area contributed by atoms with Crippen LogP contribution in [0.15, 0.2) is 42.7 Å². The van der Waals surface area contributed by atoms with E-state index in [1.165, 1.54) is 0 Å². The topological polar surface area (TPSA) is 149 Å². The molecular formula is C40H61N3O9. The van der Waals surface area contributed by atoms with Crippen molar-refractivity contribution >= 4 is 17.8 Å². The van der Waals surface area contributed by atoms with Crippen LogP contribution in [0.5, 0.6) is 17.2 Å². The van der Waals surface area contributed by atoms with Crippen molar-refractivity contribution in [3.63, 3.8) is 0 Å². The third-order valence-corrected chi connectivity index (χ3v) is 10.0. The second kappa shape index (κ2) is 20.4. The van der Waals surface area contributed by atoms with Crippen molar-refractivity contribution in [1.29, 1.82) is 0 Å². The number of rotatable bonds is 22. The summed E-state index contributed by atoms with van der Waals surface area (Å²) in [6.45, 7) is 14.7. The Bertz CT molecular complexity index is 1420. The number of hydrogen-bond donors (Lipinski definition) is 1. The van der Waals surface area contributed by atoms with E-state index < -0.39 is 29.8 Å². The molecule has 290 valence electrons. The summed E-state index contributed by atoms with van der Waals surface area (Å²) < 4.78 is 34.7. The highest BCUT2D eigenvalue weighted by Gasteiger charge is 2.43. The Hall–Kier alpha value is -3.90. The molecule has 1 aromatic heterocycles. The molecule has 1 saturated heterocycles. The number of carbonyl (C=O) groups is 3. The molecule has 1 aliphatic heterocycles. The molecule has 2 aromatic rings. The molecule has 2 N–H and O–H groups in total. The molecule has 2 heterocycles. The number of hydrogen-bond acceptors (Lipinski definition) is 10. The number of Topliss-reactive ketones (excluding diaryl/α,β-unsaturated/α-hetero) is 1. The largest absolute Gasteiger partial charge is 0.493 e. The fraction of sp³-hybridized carbons (Fsp3) is 0.650. The average Bonchev–Trinajstić information content (AvgIpc) is 3.50. The van der Waals surface area contributed by atoms with Crippen LogP contribution in [0.25, 0.3) is 0 Å². The number of ketones is 1. The van der Waals surface area contributed by atoms with E-state index in [1.54, 1.807) is 64.4 Å². The van der Waals surface area contributed by atoms with Crippen molar-refractivity contribution in [3.05, 3.63) is 48.3 Å². The van der Waals surface area contributed by atoms with Crippen LogP contribution in [-0.4, -0.2) is 80.3 Å². The second-order valence-corrected chi connectivity index (χ2v) is 15.1. The van der Waals surface area contributed by atoms with Gasteiger partial charge in [0.2, 0.25) is 12.2 Å². The van der Waals surface area contributed by atoms with Crippen molar-refractivity contribution in [1.82, 2.24) is 9.88 Å². The van der Waals surface area contributed by atoms with E-state index in [2.05, 4.69) is 18.8 Å². The monoisotopic (exact) mass is 727 g/mol. The van der Waals surface area contributed by atoms with Crippen LogP contribution in [-0.2, 0) is 30.2 Å². The van der Waals surface area contributed by atoms with Crippen LogP contribution in [0.2, 0.25) is 0 Å². The van der Waals surface area contributed by atoms with Gasteiger partial charge in [-0.15, -0.1) is 0 Å². The van der Waals surface area contributed by atoms with E-state index in [4.69, 9.17) is 34.2 Å². The molecule has 1 aliphatic rings. The second-order valence-electron chi connectivity index (χ2n) is 15.1. The summed E-state index contributed by atoms with van der Waals surface area (Å²) in [6.07, 6.45) is 4.44. The molecule has 12 heteroatoms. The molecule has 0 aliphatic carbocycles. The third-order valence-electron chi connectivity index (χ3n) is 10.0. The van der Waals surface area contributed by atoms with Gasteiger partial charge in [0.25, 0.3) is 0 Å². The highest BCUT2D eigenvalue weighted by molar-refractivity contribution is 5.84. The summed E-state index contributed by atoms with van der Waals surface area (Å²) >= 11 is 0. The van der Waals surface area contributed by atoms with Crippen molar-refractivity contribution < 1.29 is 42.8 Å². The van der Waals surface area contributed by atoms with Crippen LogP contribution in [0.4, 0.5) is 4.79 Å². The predicted molar refractivity (Wildman–Crippen MR) is 198 cm³/mol. The maximum absolute atomic E-state index is 13.8. The van der Waals surface area contributed by atoms with Crippen LogP contribution in [0, 0.1) is 29.1 Å². The lowest BCUT2D eigenvalue weighted by Crippen LogP contribution is -2.44. The van der Waals surface area contributed by atoms with Crippen LogP contribution < -0.4 is 19.9 Å². The van der Waals surface area contributed by atoms with Crippen LogP contribution >= 0.6 is 0 Å². The smallest absolute Gasteiger partial charge is 0.415 e. The van der Waals surface area contributed by atoms with Gasteiger partial charge in [-0.2, -0.15) is 0 Å². The Morgan fingerprint density at radius 1 is 1.02 bits per heavy atom. The normalized spacial score (nSPS) is 17.9. The molecule has 3 rings (SSSR count). The predicted octanol–water partition coefficient (Wildman–Crippen LogP) is 6.82. The fourth-order valence-corrected chi connectivity index (χ4v) is 6.44. The van der Waals surface area contributed by atoms with Gasteiger partial charge in [0.05, 0.1) is 32.1 Å². The van der Waals surface area contributed by atoms with Gasteiger partial charge in [0.1, 0.15) is 18.3 Å². The number of pyridine rings is 1. The van der Waals surface area contributed by atoms with Gasteiger partial charge in [-0.1, -0.05) is 47.6 Å². The fourth-order valence-electron chi connectivity index (χ4n) is 6.44. The molecular weight excluding hydrogens is 666 g/mol. The number of aromatic nitrogens is 1. The van der Waals surface area contributed by atoms with E-state index in [0.717, 1.165) is 18.4 Å². The summed E-state index contributed by atoms with van der Waals surface area (Å²) in [5.41, 5.74) is 5.88. The van der Waals surface area contributed by atoms with Gasteiger partial charge in [-0.25, -0.2) is 4.79 Å². The number of nitrogens with zero attached hydrogens (tertiary/aromatic N) is 2. The first-order chi connectivity index (χ1) is 24.7. The quantitative estimate of drug-likeness (QED) is 0.101. The highest BCUT2D eigenvalue weighted by Crippen LogP contribution is 2.37. The molecule has 2 amide bonds. The first-order valence-corrected chi connectivity index (χ1v) is 18.4.